The van der Waals surface area contributed by atoms with Crippen LogP contribution in [0.5, 0.6) is 5.75 Å². The van der Waals surface area contributed by atoms with E-state index in [1.165, 1.54) is 12.7 Å². The van der Waals surface area contributed by atoms with Crippen LogP contribution in [0.15, 0.2) is 23.6 Å². The van der Waals surface area contributed by atoms with Crippen LogP contribution < -0.4 is 9.33 Å². The molecule has 0 spiro atoms. The Labute approximate surface area is 203 Å². The maximum absolute atomic E-state index is 12.6. The molecule has 180 valence electrons. The van der Waals surface area contributed by atoms with Crippen LogP contribution in [0.1, 0.15) is 46.1 Å². The second-order valence-corrected chi connectivity index (χ2v) is 17.1. The number of rotatable bonds is 5. The number of piperidine rings is 1. The van der Waals surface area contributed by atoms with Crippen LogP contribution in [-0.2, 0) is 9.53 Å². The number of nitrogens with zero attached hydrogens (tertiary/aromatic N) is 2. The minimum atomic E-state index is -1.97. The van der Waals surface area contributed by atoms with Gasteiger partial charge in [-0.15, -0.1) is 11.3 Å². The number of aromatic nitrogens is 1. The molecule has 2 aromatic rings. The molecular weight excluding hydrogens is 448 g/mol. The molecule has 0 N–H and O–H groups in total. The van der Waals surface area contributed by atoms with Gasteiger partial charge < -0.3 is 14.1 Å². The van der Waals surface area contributed by atoms with Crippen molar-refractivity contribution >= 4 is 30.8 Å². The fourth-order valence-electron chi connectivity index (χ4n) is 5.11. The highest BCUT2D eigenvalue weighted by Gasteiger charge is 2.56. The first kappa shape index (κ1) is 24.3. The van der Waals surface area contributed by atoms with Crippen LogP contribution in [0.4, 0.5) is 5.13 Å². The fourth-order valence-corrected chi connectivity index (χ4v) is 6.99. The van der Waals surface area contributed by atoms with Gasteiger partial charge in [-0.3, -0.25) is 4.79 Å². The topological polar surface area (TPSA) is 51.7 Å². The summed E-state index contributed by atoms with van der Waals surface area (Å²) in [7, 11) is -0.460. The quantitative estimate of drug-likeness (QED) is 0.355. The van der Waals surface area contributed by atoms with E-state index < -0.39 is 8.32 Å². The van der Waals surface area contributed by atoms with Crippen molar-refractivity contribution in [2.45, 2.75) is 65.6 Å². The van der Waals surface area contributed by atoms with Crippen molar-refractivity contribution in [3.05, 3.63) is 29.1 Å². The fraction of sp³-hybridized carbons (Fsp3) is 0.615. The monoisotopic (exact) mass is 486 g/mol. The van der Waals surface area contributed by atoms with Crippen LogP contribution >= 0.6 is 11.3 Å². The van der Waals surface area contributed by atoms with Gasteiger partial charge in [0.1, 0.15) is 5.75 Å². The SMILES string of the molecule is COC(=O)C1(C)C2CCC1CN(c1nc(-c3cc(C)ccc3O[Si](C)(C)C(C)(C)C)cs1)C2. The Morgan fingerprint density at radius 1 is 1.21 bits per heavy atom. The molecule has 1 saturated carbocycles. The standard InChI is InChI=1S/C26H38N2O3SSi/c1-17-9-12-22(31-33(7,8)25(2,3)4)20(13-17)21-16-32-24(27-21)28-14-18-10-11-19(15-28)26(18,5)23(29)30-6/h9,12-13,16,18-19H,10-11,14-15H2,1-8H3. The molecule has 2 fully saturated rings. The molecule has 0 radical (unpaired) electrons. The molecular formula is C26H38N2O3SSi. The molecule has 1 aliphatic heterocycles. The summed E-state index contributed by atoms with van der Waals surface area (Å²) in [5.74, 6) is 1.50. The lowest BCUT2D eigenvalue weighted by Gasteiger charge is -2.43. The number of ether oxygens (including phenoxy) is 1. The van der Waals surface area contributed by atoms with E-state index in [1.54, 1.807) is 11.3 Å². The van der Waals surface area contributed by atoms with Gasteiger partial charge in [0.2, 0.25) is 0 Å². The number of carbonyl (C=O) groups is 1. The average molecular weight is 487 g/mol. The van der Waals surface area contributed by atoms with Gasteiger partial charge in [0.25, 0.3) is 8.32 Å². The molecule has 2 bridgehead atoms. The van der Waals surface area contributed by atoms with Gasteiger partial charge >= 0.3 is 5.97 Å². The summed E-state index contributed by atoms with van der Waals surface area (Å²) in [6.45, 7) is 17.3. The molecule has 1 aromatic carbocycles. The van der Waals surface area contributed by atoms with E-state index in [-0.39, 0.29) is 16.4 Å². The number of hydrogen-bond donors (Lipinski definition) is 0. The average Bonchev–Trinajstić information content (AvgIpc) is 3.26. The third-order valence-corrected chi connectivity index (χ3v) is 13.7. The van der Waals surface area contributed by atoms with Gasteiger partial charge in [0.15, 0.2) is 5.13 Å². The van der Waals surface area contributed by atoms with E-state index >= 15 is 0 Å². The van der Waals surface area contributed by atoms with Gasteiger partial charge in [-0.1, -0.05) is 32.4 Å². The largest absolute Gasteiger partial charge is 0.543 e. The first-order valence-corrected chi connectivity index (χ1v) is 15.7. The van der Waals surface area contributed by atoms with E-state index in [0.29, 0.717) is 11.8 Å². The van der Waals surface area contributed by atoms with Crippen molar-refractivity contribution in [1.29, 1.82) is 0 Å². The predicted octanol–water partition coefficient (Wildman–Crippen LogP) is 6.53. The third-order valence-electron chi connectivity index (χ3n) is 8.41. The molecule has 5 nitrogen and oxygen atoms in total. The van der Waals surface area contributed by atoms with Crippen LogP contribution in [0.25, 0.3) is 11.3 Å². The van der Waals surface area contributed by atoms with Crippen LogP contribution in [-0.4, -0.2) is 39.5 Å². The number of esters is 1. The summed E-state index contributed by atoms with van der Waals surface area (Å²) >= 11 is 1.69. The lowest BCUT2D eigenvalue weighted by atomic mass is 9.71. The number of fused-ring (bicyclic) bond motifs is 2. The molecule has 1 aromatic heterocycles. The molecule has 2 atom stereocenters. The van der Waals surface area contributed by atoms with Gasteiger partial charge in [0, 0.05) is 24.0 Å². The first-order chi connectivity index (χ1) is 15.4. The molecule has 4 rings (SSSR count). The van der Waals surface area contributed by atoms with Crippen LogP contribution in [0.2, 0.25) is 18.1 Å². The molecule has 33 heavy (non-hydrogen) atoms. The Kier molecular flexibility index (Phi) is 6.19. The number of anilines is 1. The zero-order valence-electron chi connectivity index (χ0n) is 21.3. The van der Waals surface area contributed by atoms with E-state index in [2.05, 4.69) is 76.2 Å². The Balaban J connectivity index is 1.60. The highest BCUT2D eigenvalue weighted by Crippen LogP contribution is 2.53. The van der Waals surface area contributed by atoms with E-state index in [0.717, 1.165) is 48.1 Å². The van der Waals surface area contributed by atoms with Crippen molar-refractivity contribution in [3.63, 3.8) is 0 Å². The Bertz CT molecular complexity index is 1030. The van der Waals surface area contributed by atoms with Gasteiger partial charge in [-0.25, -0.2) is 4.98 Å². The molecule has 7 heteroatoms. The first-order valence-electron chi connectivity index (χ1n) is 12.0. The molecule has 1 saturated heterocycles. The Morgan fingerprint density at radius 3 is 2.42 bits per heavy atom. The number of benzene rings is 1. The summed E-state index contributed by atoms with van der Waals surface area (Å²) in [6, 6.07) is 6.41. The maximum Gasteiger partial charge on any atom is 0.312 e. The zero-order valence-corrected chi connectivity index (χ0v) is 23.1. The third kappa shape index (κ3) is 4.23. The second-order valence-electron chi connectivity index (χ2n) is 11.5. The highest BCUT2D eigenvalue weighted by molar-refractivity contribution is 7.14. The highest BCUT2D eigenvalue weighted by atomic mass is 32.1. The van der Waals surface area contributed by atoms with Gasteiger partial charge in [0.05, 0.1) is 18.2 Å². The van der Waals surface area contributed by atoms with Crippen molar-refractivity contribution in [2.75, 3.05) is 25.1 Å². The van der Waals surface area contributed by atoms with Crippen molar-refractivity contribution in [2.24, 2.45) is 17.3 Å². The van der Waals surface area contributed by atoms with Gasteiger partial charge in [-0.2, -0.15) is 0 Å². The molecule has 2 heterocycles. The Hall–Kier alpha value is -1.86. The van der Waals surface area contributed by atoms with Crippen molar-refractivity contribution in [1.82, 2.24) is 4.98 Å². The molecule has 2 aliphatic rings. The zero-order chi connectivity index (χ0) is 24.2. The minimum Gasteiger partial charge on any atom is -0.543 e. The normalized spacial score (nSPS) is 25.3. The smallest absolute Gasteiger partial charge is 0.312 e. The van der Waals surface area contributed by atoms with E-state index in [9.17, 15) is 4.79 Å². The van der Waals surface area contributed by atoms with Crippen LogP contribution in [0, 0.1) is 24.2 Å². The van der Waals surface area contributed by atoms with Crippen LogP contribution in [0.3, 0.4) is 0 Å². The van der Waals surface area contributed by atoms with Crippen molar-refractivity contribution in [3.8, 4) is 17.0 Å². The minimum absolute atomic E-state index is 0.0540. The molecule has 0 amide bonds. The summed E-state index contributed by atoms with van der Waals surface area (Å²) in [4.78, 5) is 20.0. The number of carbonyl (C=O) groups excluding carboxylic acids is 1. The Morgan fingerprint density at radius 2 is 1.85 bits per heavy atom. The summed E-state index contributed by atoms with van der Waals surface area (Å²) < 4.78 is 11.9. The number of hydrogen-bond acceptors (Lipinski definition) is 6. The van der Waals surface area contributed by atoms with E-state index in [1.807, 2.05) is 0 Å². The maximum atomic E-state index is 12.6. The summed E-state index contributed by atoms with van der Waals surface area (Å²) in [5, 5.41) is 3.31. The number of methoxy groups -OCH3 is 1. The lowest BCUT2D eigenvalue weighted by Crippen LogP contribution is -2.52. The number of aryl methyl sites for hydroxylation is 1. The molecule has 1 aliphatic carbocycles. The van der Waals surface area contributed by atoms with E-state index in [4.69, 9.17) is 14.1 Å². The predicted molar refractivity (Wildman–Crippen MR) is 139 cm³/mol. The summed E-state index contributed by atoms with van der Waals surface area (Å²) in [6.07, 6.45) is 2.15. The molecule has 2 unspecified atom stereocenters. The second kappa shape index (κ2) is 8.42. The summed E-state index contributed by atoms with van der Waals surface area (Å²) in [5.41, 5.74) is 2.88. The number of thiazole rings is 1. The lowest BCUT2D eigenvalue weighted by molar-refractivity contribution is -0.157. The van der Waals surface area contributed by atoms with Crippen molar-refractivity contribution < 1.29 is 14.0 Å². The van der Waals surface area contributed by atoms with Gasteiger partial charge in [-0.05, 0) is 68.8 Å².